The van der Waals surface area contributed by atoms with Gasteiger partial charge in [0.25, 0.3) is 0 Å². The van der Waals surface area contributed by atoms with Crippen molar-refractivity contribution in [3.05, 3.63) is 29.8 Å². The molecule has 0 spiro atoms. The monoisotopic (exact) mass is 340 g/mol. The van der Waals surface area contributed by atoms with Crippen molar-refractivity contribution >= 4 is 21.9 Å². The third-order valence-electron chi connectivity index (χ3n) is 3.80. The first-order valence-corrected chi connectivity index (χ1v) is 8.78. The highest BCUT2D eigenvalue weighted by atomic mass is 32.2. The fourth-order valence-electron chi connectivity index (χ4n) is 2.48. The molecule has 0 aliphatic carbocycles. The van der Waals surface area contributed by atoms with Crippen LogP contribution in [0, 0.1) is 0 Å². The van der Waals surface area contributed by atoms with E-state index in [0.29, 0.717) is 31.5 Å². The maximum Gasteiger partial charge on any atom is 0.409 e. The van der Waals surface area contributed by atoms with E-state index < -0.39 is 16.1 Å². The number of amides is 1. The molecule has 0 unspecified atom stereocenters. The molecule has 1 fully saturated rings. The lowest BCUT2D eigenvalue weighted by molar-refractivity contribution is 0.101. The number of piperidine rings is 1. The normalized spacial score (nSPS) is 16.2. The fourth-order valence-corrected chi connectivity index (χ4v) is 3.83. The van der Waals surface area contributed by atoms with Gasteiger partial charge in [0.15, 0.2) is 5.78 Å². The third kappa shape index (κ3) is 4.29. The van der Waals surface area contributed by atoms with Gasteiger partial charge >= 0.3 is 6.09 Å². The molecule has 1 aliphatic rings. The summed E-state index contributed by atoms with van der Waals surface area (Å²) >= 11 is 0. The van der Waals surface area contributed by atoms with Crippen LogP contribution in [0.3, 0.4) is 0 Å². The van der Waals surface area contributed by atoms with Crippen molar-refractivity contribution in [1.82, 2.24) is 9.62 Å². The van der Waals surface area contributed by atoms with E-state index >= 15 is 0 Å². The molecule has 0 bridgehead atoms. The molecule has 1 N–H and O–H groups in total. The second-order valence-electron chi connectivity index (χ2n) is 5.44. The lowest BCUT2D eigenvalue weighted by Crippen LogP contribution is -2.46. The molecule has 1 aromatic carbocycles. The van der Waals surface area contributed by atoms with E-state index in [1.807, 2.05) is 0 Å². The predicted octanol–water partition coefficient (Wildman–Crippen LogP) is 1.40. The Bertz CT molecular complexity index is 694. The highest BCUT2D eigenvalue weighted by Crippen LogP contribution is 2.17. The number of Topliss-reactive ketones (excluding diaryl/α,β-unsaturated/α-hetero) is 1. The largest absolute Gasteiger partial charge is 0.453 e. The summed E-state index contributed by atoms with van der Waals surface area (Å²) in [4.78, 5) is 24.4. The number of ketones is 1. The number of nitrogens with one attached hydrogen (secondary N) is 1. The number of rotatable bonds is 4. The van der Waals surface area contributed by atoms with E-state index in [1.165, 1.54) is 26.2 Å². The van der Waals surface area contributed by atoms with E-state index in [4.69, 9.17) is 0 Å². The predicted molar refractivity (Wildman–Crippen MR) is 83.8 cm³/mol. The summed E-state index contributed by atoms with van der Waals surface area (Å²) in [7, 11) is -2.38. The number of likely N-dealkylation sites (tertiary alicyclic amines) is 1. The standard InChI is InChI=1S/C15H20N2O5S/c1-11(18)12-4-3-5-14(10-12)23(20,21)16-13-6-8-17(9-7-13)15(19)22-2/h3-5,10,13,16H,6-9H2,1-2H3. The van der Waals surface area contributed by atoms with Crippen molar-refractivity contribution in [2.24, 2.45) is 0 Å². The molecule has 1 amide bonds. The minimum absolute atomic E-state index is 0.0700. The first kappa shape index (κ1) is 17.4. The number of sulfonamides is 1. The van der Waals surface area contributed by atoms with E-state index in [9.17, 15) is 18.0 Å². The molecule has 0 saturated carbocycles. The summed E-state index contributed by atoms with van der Waals surface area (Å²) in [5, 5.41) is 0. The zero-order valence-electron chi connectivity index (χ0n) is 13.1. The van der Waals surface area contributed by atoms with Crippen LogP contribution in [-0.4, -0.2) is 51.4 Å². The van der Waals surface area contributed by atoms with Crippen LogP contribution in [-0.2, 0) is 14.8 Å². The number of hydrogen-bond donors (Lipinski definition) is 1. The summed E-state index contributed by atoms with van der Waals surface area (Å²) in [5.41, 5.74) is 0.355. The molecule has 0 aromatic heterocycles. The molecular weight excluding hydrogens is 320 g/mol. The first-order valence-electron chi connectivity index (χ1n) is 7.29. The van der Waals surface area contributed by atoms with Gasteiger partial charge in [0, 0.05) is 24.7 Å². The van der Waals surface area contributed by atoms with Gasteiger partial charge in [-0.25, -0.2) is 17.9 Å². The molecule has 1 aliphatic heterocycles. The van der Waals surface area contributed by atoms with Crippen molar-refractivity contribution in [3.63, 3.8) is 0 Å². The van der Waals surface area contributed by atoms with Crippen molar-refractivity contribution in [1.29, 1.82) is 0 Å². The molecule has 0 atom stereocenters. The van der Waals surface area contributed by atoms with Crippen molar-refractivity contribution in [2.75, 3.05) is 20.2 Å². The second-order valence-corrected chi connectivity index (χ2v) is 7.15. The molecule has 23 heavy (non-hydrogen) atoms. The van der Waals surface area contributed by atoms with Crippen LogP contribution in [0.5, 0.6) is 0 Å². The van der Waals surface area contributed by atoms with Gasteiger partial charge in [-0.3, -0.25) is 4.79 Å². The summed E-state index contributed by atoms with van der Waals surface area (Å²) in [6.45, 7) is 2.27. The zero-order valence-corrected chi connectivity index (χ0v) is 13.9. The summed E-state index contributed by atoms with van der Waals surface area (Å²) < 4.78 is 32.1. The molecular formula is C15H20N2O5S. The van der Waals surface area contributed by atoms with Crippen LogP contribution >= 0.6 is 0 Å². The Morgan fingerprint density at radius 3 is 2.48 bits per heavy atom. The highest BCUT2D eigenvalue weighted by Gasteiger charge is 2.27. The summed E-state index contributed by atoms with van der Waals surface area (Å²) in [6.07, 6.45) is 0.627. The van der Waals surface area contributed by atoms with E-state index in [2.05, 4.69) is 9.46 Å². The molecule has 7 nitrogen and oxygen atoms in total. The molecule has 126 valence electrons. The van der Waals surface area contributed by atoms with Crippen LogP contribution in [0.25, 0.3) is 0 Å². The van der Waals surface area contributed by atoms with Crippen LogP contribution in [0.4, 0.5) is 4.79 Å². The van der Waals surface area contributed by atoms with Crippen molar-refractivity contribution in [3.8, 4) is 0 Å². The number of hydrogen-bond acceptors (Lipinski definition) is 5. The van der Waals surface area contributed by atoms with Gasteiger partial charge in [-0.2, -0.15) is 0 Å². The quantitative estimate of drug-likeness (QED) is 0.836. The number of carbonyl (C=O) groups excluding carboxylic acids is 2. The van der Waals surface area contributed by atoms with Gasteiger partial charge in [0.05, 0.1) is 12.0 Å². The smallest absolute Gasteiger partial charge is 0.409 e. The summed E-state index contributed by atoms with van der Waals surface area (Å²) in [6, 6.07) is 5.70. The SMILES string of the molecule is COC(=O)N1CCC(NS(=O)(=O)c2cccc(C(C)=O)c2)CC1. The van der Waals surface area contributed by atoms with Gasteiger partial charge in [0.1, 0.15) is 0 Å². The average molecular weight is 340 g/mol. The Morgan fingerprint density at radius 1 is 1.26 bits per heavy atom. The first-order chi connectivity index (χ1) is 10.8. The van der Waals surface area contributed by atoms with Crippen molar-refractivity contribution in [2.45, 2.75) is 30.7 Å². The maximum absolute atomic E-state index is 12.4. The van der Waals surface area contributed by atoms with Gasteiger partial charge in [-0.1, -0.05) is 12.1 Å². The fraction of sp³-hybridized carbons (Fsp3) is 0.467. The Morgan fingerprint density at radius 2 is 1.91 bits per heavy atom. The minimum Gasteiger partial charge on any atom is -0.453 e. The van der Waals surface area contributed by atoms with Crippen LogP contribution in [0.1, 0.15) is 30.1 Å². The molecule has 0 radical (unpaired) electrons. The molecule has 8 heteroatoms. The van der Waals surface area contributed by atoms with E-state index in [0.717, 1.165) is 0 Å². The van der Waals surface area contributed by atoms with Gasteiger partial charge < -0.3 is 9.64 Å². The topological polar surface area (TPSA) is 92.8 Å². The lowest BCUT2D eigenvalue weighted by atomic mass is 10.1. The Labute approximate surface area is 135 Å². The Hall–Kier alpha value is -1.93. The van der Waals surface area contributed by atoms with Crippen LogP contribution < -0.4 is 4.72 Å². The number of carbonyl (C=O) groups is 2. The number of benzene rings is 1. The lowest BCUT2D eigenvalue weighted by Gasteiger charge is -2.31. The van der Waals surface area contributed by atoms with E-state index in [-0.39, 0.29) is 16.7 Å². The van der Waals surface area contributed by atoms with E-state index in [1.54, 1.807) is 17.0 Å². The number of nitrogens with zero attached hydrogens (tertiary/aromatic N) is 1. The van der Waals surface area contributed by atoms with Crippen LogP contribution in [0.15, 0.2) is 29.2 Å². The van der Waals surface area contributed by atoms with Gasteiger partial charge in [-0.15, -0.1) is 0 Å². The highest BCUT2D eigenvalue weighted by molar-refractivity contribution is 7.89. The number of methoxy groups -OCH3 is 1. The van der Waals surface area contributed by atoms with Crippen molar-refractivity contribution < 1.29 is 22.7 Å². The summed E-state index contributed by atoms with van der Waals surface area (Å²) in [5.74, 6) is -0.187. The zero-order chi connectivity index (χ0) is 17.0. The minimum atomic E-state index is -3.70. The molecule has 2 rings (SSSR count). The Kier molecular flexibility index (Phi) is 5.38. The van der Waals surface area contributed by atoms with Crippen LogP contribution in [0.2, 0.25) is 0 Å². The third-order valence-corrected chi connectivity index (χ3v) is 5.32. The van der Waals surface area contributed by atoms with Gasteiger partial charge in [-0.05, 0) is 31.9 Å². The molecule has 1 heterocycles. The maximum atomic E-state index is 12.4. The number of ether oxygens (including phenoxy) is 1. The molecule has 1 aromatic rings. The Balaban J connectivity index is 2.04. The average Bonchev–Trinajstić information content (AvgIpc) is 2.54. The second kappa shape index (κ2) is 7.10. The molecule has 1 saturated heterocycles. The van der Waals surface area contributed by atoms with Gasteiger partial charge in [0.2, 0.25) is 10.0 Å².